The van der Waals surface area contributed by atoms with E-state index in [1.807, 2.05) is 36.4 Å². The first-order chi connectivity index (χ1) is 23.4. The molecule has 0 radical (unpaired) electrons. The van der Waals surface area contributed by atoms with Crippen molar-refractivity contribution in [1.29, 1.82) is 5.26 Å². The van der Waals surface area contributed by atoms with Crippen molar-refractivity contribution in [3.05, 3.63) is 157 Å². The summed E-state index contributed by atoms with van der Waals surface area (Å²) in [6.45, 7) is 1.90. The highest BCUT2D eigenvalue weighted by molar-refractivity contribution is 7.07. The predicted octanol–water partition coefficient (Wildman–Crippen LogP) is 4.68. The Labute approximate surface area is 280 Å². The fraction of sp³-hybridized carbons (Fsp3) is 0.184. The van der Waals surface area contributed by atoms with Crippen molar-refractivity contribution in [2.24, 2.45) is 0 Å². The third-order valence-corrected chi connectivity index (χ3v) is 9.55. The molecule has 1 amide bonds. The van der Waals surface area contributed by atoms with Crippen LogP contribution >= 0.6 is 11.3 Å². The lowest BCUT2D eigenvalue weighted by molar-refractivity contribution is -0.126. The van der Waals surface area contributed by atoms with Gasteiger partial charge in [-0.2, -0.15) is 5.26 Å². The smallest absolute Gasteiger partial charge is 0.269 e. The molecule has 1 fully saturated rings. The number of benzene rings is 4. The molecule has 10 heteroatoms. The minimum absolute atomic E-state index is 0.00134. The molecule has 4 aromatic carbocycles. The molecular formula is C38H32F2N4O3S. The largest absolute Gasteiger partial charge is 0.497 e. The van der Waals surface area contributed by atoms with Crippen LogP contribution in [0.5, 0.6) is 5.75 Å². The first kappa shape index (κ1) is 32.6. The van der Waals surface area contributed by atoms with Gasteiger partial charge in [-0.3, -0.25) is 19.1 Å². The summed E-state index contributed by atoms with van der Waals surface area (Å²) >= 11 is 0.870. The number of halogens is 2. The van der Waals surface area contributed by atoms with Crippen molar-refractivity contribution in [1.82, 2.24) is 14.4 Å². The molecule has 0 saturated carbocycles. The molecule has 0 bridgehead atoms. The highest BCUT2D eigenvalue weighted by Gasteiger charge is 2.30. The molecule has 6 rings (SSSR count). The van der Waals surface area contributed by atoms with E-state index in [1.54, 1.807) is 36.3 Å². The Bertz CT molecular complexity index is 2080. The topological polar surface area (TPSA) is 78.6 Å². The molecule has 242 valence electrons. The molecule has 7 nitrogen and oxygen atoms in total. The van der Waals surface area contributed by atoms with Gasteiger partial charge in [-0.15, -0.1) is 11.3 Å². The Kier molecular flexibility index (Phi) is 9.90. The number of thiazole rings is 1. The lowest BCUT2D eigenvalue weighted by Gasteiger charge is -2.39. The van der Waals surface area contributed by atoms with E-state index in [2.05, 4.69) is 35.2 Å². The summed E-state index contributed by atoms with van der Waals surface area (Å²) in [6.07, 6.45) is 1.14. The molecule has 48 heavy (non-hydrogen) atoms. The molecule has 1 aliphatic rings. The Morgan fingerprint density at radius 3 is 2.00 bits per heavy atom. The summed E-state index contributed by atoms with van der Waals surface area (Å²) in [4.78, 5) is 31.7. The maximum absolute atomic E-state index is 14.6. The van der Waals surface area contributed by atoms with Gasteiger partial charge in [-0.1, -0.05) is 78.9 Å². The lowest BCUT2D eigenvalue weighted by atomic mass is 9.96. The third kappa shape index (κ3) is 6.83. The predicted molar refractivity (Wildman–Crippen MR) is 182 cm³/mol. The monoisotopic (exact) mass is 662 g/mol. The van der Waals surface area contributed by atoms with Crippen molar-refractivity contribution in [3.63, 3.8) is 0 Å². The van der Waals surface area contributed by atoms with Crippen LogP contribution in [-0.4, -0.2) is 53.6 Å². The number of carbonyl (C=O) groups is 1. The fourth-order valence-electron chi connectivity index (χ4n) is 5.96. The fourth-order valence-corrected chi connectivity index (χ4v) is 7.03. The van der Waals surface area contributed by atoms with Gasteiger partial charge in [0.05, 0.1) is 24.2 Å². The van der Waals surface area contributed by atoms with Crippen molar-refractivity contribution in [2.45, 2.75) is 12.6 Å². The van der Waals surface area contributed by atoms with E-state index in [4.69, 9.17) is 4.74 Å². The van der Waals surface area contributed by atoms with Crippen molar-refractivity contribution >= 4 is 28.9 Å². The van der Waals surface area contributed by atoms with E-state index in [-0.39, 0.29) is 32.9 Å². The number of piperazine rings is 1. The zero-order valence-electron chi connectivity index (χ0n) is 26.2. The molecule has 1 saturated heterocycles. The number of rotatable bonds is 8. The Morgan fingerprint density at radius 1 is 0.875 bits per heavy atom. The zero-order chi connectivity index (χ0) is 33.6. The van der Waals surface area contributed by atoms with Gasteiger partial charge in [-0.25, -0.2) is 8.78 Å². The standard InChI is InChI=1S/C38H32F2N4O3S/c1-47-29-17-15-26(16-18-29)25-44-37(46)34(23-30-32(39)13-8-14-33(30)40)48-38(44)31(24-41)36(45)43-21-19-42(20-22-43)35(27-9-4-2-5-10-27)28-11-6-3-7-12-28/h2-18,23,35H,19-22,25H2,1H3/b34-23-,38-31-. The van der Waals surface area contributed by atoms with Gasteiger partial charge in [0.25, 0.3) is 11.5 Å². The molecule has 0 N–H and O–H groups in total. The number of aromatic nitrogens is 1. The number of amides is 1. The second kappa shape index (κ2) is 14.6. The average molecular weight is 663 g/mol. The number of nitriles is 1. The number of carbonyl (C=O) groups excluding carboxylic acids is 1. The van der Waals surface area contributed by atoms with Crippen molar-refractivity contribution < 1.29 is 18.3 Å². The van der Waals surface area contributed by atoms with Gasteiger partial charge in [0.15, 0.2) is 5.57 Å². The summed E-state index contributed by atoms with van der Waals surface area (Å²) in [6, 6.07) is 32.9. The van der Waals surface area contributed by atoms with Crippen LogP contribution in [0.1, 0.15) is 28.3 Å². The third-order valence-electron chi connectivity index (χ3n) is 8.42. The van der Waals surface area contributed by atoms with E-state index in [1.165, 1.54) is 10.6 Å². The zero-order valence-corrected chi connectivity index (χ0v) is 27.0. The van der Waals surface area contributed by atoms with Gasteiger partial charge in [0.2, 0.25) is 0 Å². The molecular weight excluding hydrogens is 631 g/mol. The van der Waals surface area contributed by atoms with E-state index < -0.39 is 23.1 Å². The number of methoxy groups -OCH3 is 1. The molecule has 0 spiro atoms. The van der Waals surface area contributed by atoms with Crippen LogP contribution in [0.3, 0.4) is 0 Å². The molecule has 2 heterocycles. The lowest BCUT2D eigenvalue weighted by Crippen LogP contribution is -2.50. The second-order valence-electron chi connectivity index (χ2n) is 11.3. The molecule has 0 atom stereocenters. The summed E-state index contributed by atoms with van der Waals surface area (Å²) in [5, 5.41) is 10.4. The van der Waals surface area contributed by atoms with E-state index in [9.17, 15) is 23.6 Å². The van der Waals surface area contributed by atoms with Crippen LogP contribution in [0, 0.1) is 23.0 Å². The van der Waals surface area contributed by atoms with Crippen LogP contribution in [0.15, 0.2) is 108 Å². The van der Waals surface area contributed by atoms with E-state index >= 15 is 0 Å². The maximum Gasteiger partial charge on any atom is 0.269 e. The Hall–Kier alpha value is -5.37. The summed E-state index contributed by atoms with van der Waals surface area (Å²) in [5.74, 6) is -1.52. The van der Waals surface area contributed by atoms with Crippen molar-refractivity contribution in [2.75, 3.05) is 33.3 Å². The number of nitrogens with zero attached hydrogens (tertiary/aromatic N) is 4. The first-order valence-electron chi connectivity index (χ1n) is 15.4. The number of hydrogen-bond donors (Lipinski definition) is 0. The number of hydrogen-bond acceptors (Lipinski definition) is 6. The van der Waals surface area contributed by atoms with Crippen LogP contribution < -0.4 is 19.5 Å². The van der Waals surface area contributed by atoms with Crippen LogP contribution in [0.25, 0.3) is 11.6 Å². The van der Waals surface area contributed by atoms with Crippen LogP contribution in [0.2, 0.25) is 0 Å². The van der Waals surface area contributed by atoms with E-state index in [0.717, 1.165) is 40.7 Å². The molecule has 1 aromatic heterocycles. The summed E-state index contributed by atoms with van der Waals surface area (Å²) in [7, 11) is 1.55. The minimum atomic E-state index is -0.825. The Balaban J connectivity index is 1.36. The molecule has 5 aromatic rings. The summed E-state index contributed by atoms with van der Waals surface area (Å²) < 4.78 is 35.9. The second-order valence-corrected chi connectivity index (χ2v) is 12.4. The van der Waals surface area contributed by atoms with Gasteiger partial charge >= 0.3 is 0 Å². The number of ether oxygens (including phenoxy) is 1. The summed E-state index contributed by atoms with van der Waals surface area (Å²) in [5.41, 5.74) is 1.87. The molecule has 1 aliphatic heterocycles. The Morgan fingerprint density at radius 2 is 1.46 bits per heavy atom. The van der Waals surface area contributed by atoms with Gasteiger partial charge in [0, 0.05) is 31.7 Å². The van der Waals surface area contributed by atoms with Crippen LogP contribution in [-0.2, 0) is 11.3 Å². The highest BCUT2D eigenvalue weighted by Crippen LogP contribution is 2.29. The normalized spacial score (nSPS) is 14.6. The maximum atomic E-state index is 14.6. The van der Waals surface area contributed by atoms with Crippen LogP contribution in [0.4, 0.5) is 8.78 Å². The van der Waals surface area contributed by atoms with Gasteiger partial charge in [0.1, 0.15) is 28.1 Å². The highest BCUT2D eigenvalue weighted by atomic mass is 32.1. The van der Waals surface area contributed by atoms with Gasteiger partial charge < -0.3 is 9.64 Å². The van der Waals surface area contributed by atoms with E-state index in [0.29, 0.717) is 37.5 Å². The van der Waals surface area contributed by atoms with Gasteiger partial charge in [-0.05, 0) is 47.0 Å². The molecule has 0 aliphatic carbocycles. The average Bonchev–Trinajstić information content (AvgIpc) is 3.41. The first-order valence-corrected chi connectivity index (χ1v) is 16.3. The molecule has 0 unspecified atom stereocenters. The minimum Gasteiger partial charge on any atom is -0.497 e. The quantitative estimate of drug-likeness (QED) is 0.241. The van der Waals surface area contributed by atoms with Crippen molar-refractivity contribution in [3.8, 4) is 11.8 Å². The SMILES string of the molecule is COc1ccc(Cn2c(=O)/c(=C/c3c(F)cccc3F)s/c2=C(/C#N)C(=O)N2CCN(C(c3ccccc3)c3ccccc3)CC2)cc1.